The molecule has 0 aromatic rings. The van der Waals surface area contributed by atoms with Crippen molar-refractivity contribution in [1.29, 1.82) is 0 Å². The van der Waals surface area contributed by atoms with E-state index in [1.807, 2.05) is 13.8 Å². The fraction of sp³-hybridized carbons (Fsp3) is 0.667. The fourth-order valence-corrected chi connectivity index (χ4v) is 2.03. The number of carbonyl (C=O) groups excluding carboxylic acids is 2. The summed E-state index contributed by atoms with van der Waals surface area (Å²) in [6.45, 7) is 3.80. The van der Waals surface area contributed by atoms with Crippen molar-refractivity contribution in [2.45, 2.75) is 26.7 Å². The van der Waals surface area contributed by atoms with E-state index in [1.54, 1.807) is 0 Å². The third-order valence-electron chi connectivity index (χ3n) is 2.35. The van der Waals surface area contributed by atoms with Crippen LogP contribution in [-0.2, 0) is 9.59 Å². The molecule has 1 aliphatic rings. The first-order chi connectivity index (χ1) is 6.37. The minimum atomic E-state index is -0.817. The minimum absolute atomic E-state index is 0.130. The van der Waals surface area contributed by atoms with Crippen molar-refractivity contribution < 1.29 is 9.59 Å². The van der Waals surface area contributed by atoms with E-state index >= 15 is 0 Å². The molecule has 0 spiro atoms. The van der Waals surface area contributed by atoms with Gasteiger partial charge in [0.1, 0.15) is 10.9 Å². The standard InChI is InChI=1S/C9H14N2O2S/c1-9(2)3-5(12)7(6(13)4-9)8(14)11-10/h7H,3-4,10H2,1-2H3,(H,11,14). The van der Waals surface area contributed by atoms with Gasteiger partial charge >= 0.3 is 0 Å². The molecule has 1 rings (SSSR count). The molecule has 0 heterocycles. The van der Waals surface area contributed by atoms with Gasteiger partial charge in [-0.25, -0.2) is 5.84 Å². The van der Waals surface area contributed by atoms with Crippen LogP contribution in [0.1, 0.15) is 26.7 Å². The van der Waals surface area contributed by atoms with Gasteiger partial charge < -0.3 is 5.43 Å². The van der Waals surface area contributed by atoms with Crippen molar-refractivity contribution in [1.82, 2.24) is 5.43 Å². The van der Waals surface area contributed by atoms with Gasteiger partial charge in [-0.2, -0.15) is 0 Å². The van der Waals surface area contributed by atoms with E-state index in [0.717, 1.165) is 0 Å². The summed E-state index contributed by atoms with van der Waals surface area (Å²) in [7, 11) is 0. The number of nitrogens with two attached hydrogens (primary N) is 1. The van der Waals surface area contributed by atoms with Crippen LogP contribution in [0, 0.1) is 11.3 Å². The zero-order valence-corrected chi connectivity index (χ0v) is 9.11. The zero-order valence-electron chi connectivity index (χ0n) is 8.29. The van der Waals surface area contributed by atoms with Gasteiger partial charge in [-0.3, -0.25) is 9.59 Å². The maximum atomic E-state index is 11.6. The van der Waals surface area contributed by atoms with Gasteiger partial charge in [-0.15, -0.1) is 0 Å². The van der Waals surface area contributed by atoms with Gasteiger partial charge in [-0.05, 0) is 5.41 Å². The third kappa shape index (κ3) is 2.16. The quantitative estimate of drug-likeness (QED) is 0.285. The first-order valence-corrected chi connectivity index (χ1v) is 4.84. The van der Waals surface area contributed by atoms with Gasteiger partial charge in [0.15, 0.2) is 11.6 Å². The molecule has 0 radical (unpaired) electrons. The van der Waals surface area contributed by atoms with Crippen LogP contribution in [0.5, 0.6) is 0 Å². The Balaban J connectivity index is 2.87. The third-order valence-corrected chi connectivity index (χ3v) is 2.71. The Hall–Kier alpha value is -0.810. The monoisotopic (exact) mass is 214 g/mol. The topological polar surface area (TPSA) is 72.2 Å². The Bertz CT molecular complexity index is 279. The highest BCUT2D eigenvalue weighted by molar-refractivity contribution is 7.80. The normalized spacial score (nSPS) is 22.2. The van der Waals surface area contributed by atoms with E-state index < -0.39 is 5.92 Å². The molecule has 5 heteroatoms. The summed E-state index contributed by atoms with van der Waals surface area (Å²) in [5.41, 5.74) is 1.97. The van der Waals surface area contributed by atoms with Crippen molar-refractivity contribution in [3.05, 3.63) is 0 Å². The number of hydrogen-bond acceptors (Lipinski definition) is 4. The summed E-state index contributed by atoms with van der Waals surface area (Å²) in [6.07, 6.45) is 0.760. The van der Waals surface area contributed by atoms with E-state index in [9.17, 15) is 9.59 Å². The number of hydrogen-bond donors (Lipinski definition) is 2. The molecule has 3 N–H and O–H groups in total. The number of carbonyl (C=O) groups is 2. The van der Waals surface area contributed by atoms with Gasteiger partial charge in [-0.1, -0.05) is 26.1 Å². The minimum Gasteiger partial charge on any atom is -0.317 e. The largest absolute Gasteiger partial charge is 0.317 e. The molecular formula is C9H14N2O2S. The van der Waals surface area contributed by atoms with Gasteiger partial charge in [0.2, 0.25) is 0 Å². The molecule has 0 atom stereocenters. The highest BCUT2D eigenvalue weighted by atomic mass is 32.1. The molecule has 0 unspecified atom stereocenters. The van der Waals surface area contributed by atoms with Crippen LogP contribution < -0.4 is 11.3 Å². The summed E-state index contributed by atoms with van der Waals surface area (Å²) in [4.78, 5) is 23.4. The lowest BCUT2D eigenvalue weighted by Crippen LogP contribution is -2.47. The molecule has 14 heavy (non-hydrogen) atoms. The molecule has 0 aromatic carbocycles. The van der Waals surface area contributed by atoms with E-state index in [4.69, 9.17) is 18.1 Å². The molecule has 1 aliphatic carbocycles. The summed E-state index contributed by atoms with van der Waals surface area (Å²) < 4.78 is 0. The second-order valence-electron chi connectivity index (χ2n) is 4.39. The number of nitrogens with one attached hydrogen (secondary N) is 1. The fourth-order valence-electron chi connectivity index (χ4n) is 1.77. The Morgan fingerprint density at radius 1 is 1.43 bits per heavy atom. The van der Waals surface area contributed by atoms with E-state index in [-0.39, 0.29) is 22.0 Å². The molecule has 0 aromatic heterocycles. The number of ketones is 2. The Morgan fingerprint density at radius 2 is 1.86 bits per heavy atom. The Kier molecular flexibility index (Phi) is 3.01. The van der Waals surface area contributed by atoms with E-state index in [2.05, 4.69) is 5.43 Å². The average Bonchev–Trinajstić information content (AvgIpc) is 1.99. The predicted octanol–water partition coefficient (Wildman–Crippen LogP) is 0.352. The molecule has 0 amide bonds. The molecule has 0 aliphatic heterocycles. The molecule has 0 saturated heterocycles. The van der Waals surface area contributed by atoms with E-state index in [0.29, 0.717) is 12.8 Å². The SMILES string of the molecule is CC1(C)CC(=O)C(C(=S)NN)C(=O)C1. The van der Waals surface area contributed by atoms with Crippen LogP contribution in [0.2, 0.25) is 0 Å². The van der Waals surface area contributed by atoms with Gasteiger partial charge in [0, 0.05) is 12.8 Å². The van der Waals surface area contributed by atoms with Crippen molar-refractivity contribution in [3.63, 3.8) is 0 Å². The van der Waals surface area contributed by atoms with Crippen LogP contribution >= 0.6 is 12.2 Å². The lowest BCUT2D eigenvalue weighted by Gasteiger charge is -2.31. The maximum Gasteiger partial charge on any atom is 0.150 e. The summed E-state index contributed by atoms with van der Waals surface area (Å²) in [5.74, 6) is 4.02. The molecular weight excluding hydrogens is 200 g/mol. The van der Waals surface area contributed by atoms with Crippen LogP contribution in [-0.4, -0.2) is 16.6 Å². The van der Waals surface area contributed by atoms with Crippen LogP contribution in [0.25, 0.3) is 0 Å². The van der Waals surface area contributed by atoms with Gasteiger partial charge in [0.05, 0.1) is 0 Å². The van der Waals surface area contributed by atoms with Gasteiger partial charge in [0.25, 0.3) is 0 Å². The van der Waals surface area contributed by atoms with Crippen molar-refractivity contribution in [3.8, 4) is 0 Å². The lowest BCUT2D eigenvalue weighted by atomic mass is 9.71. The lowest BCUT2D eigenvalue weighted by molar-refractivity contribution is -0.136. The molecule has 1 saturated carbocycles. The number of Topliss-reactive ketones (excluding diaryl/α,β-unsaturated/α-hetero) is 2. The van der Waals surface area contributed by atoms with Crippen LogP contribution in [0.3, 0.4) is 0 Å². The highest BCUT2D eigenvalue weighted by Gasteiger charge is 2.41. The summed E-state index contributed by atoms with van der Waals surface area (Å²) in [6, 6.07) is 0. The maximum absolute atomic E-state index is 11.6. The highest BCUT2D eigenvalue weighted by Crippen LogP contribution is 2.33. The molecule has 4 nitrogen and oxygen atoms in total. The number of thiocarbonyl (C=S) groups is 1. The molecule has 78 valence electrons. The smallest absolute Gasteiger partial charge is 0.150 e. The van der Waals surface area contributed by atoms with Crippen LogP contribution in [0.4, 0.5) is 0 Å². The predicted molar refractivity (Wildman–Crippen MR) is 56.4 cm³/mol. The number of hydrazine groups is 1. The van der Waals surface area contributed by atoms with Crippen molar-refractivity contribution >= 4 is 28.8 Å². The molecule has 1 fully saturated rings. The van der Waals surface area contributed by atoms with E-state index in [1.165, 1.54) is 0 Å². The Morgan fingerprint density at radius 3 is 2.21 bits per heavy atom. The van der Waals surface area contributed by atoms with Crippen LogP contribution in [0.15, 0.2) is 0 Å². The van der Waals surface area contributed by atoms with Crippen molar-refractivity contribution in [2.75, 3.05) is 0 Å². The first kappa shape index (κ1) is 11.3. The molecule has 0 bridgehead atoms. The summed E-state index contributed by atoms with van der Waals surface area (Å²) in [5, 5.41) is 0. The first-order valence-electron chi connectivity index (χ1n) is 4.43. The summed E-state index contributed by atoms with van der Waals surface area (Å²) >= 11 is 4.83. The Labute approximate surface area is 88.2 Å². The second kappa shape index (κ2) is 3.74. The second-order valence-corrected chi connectivity index (χ2v) is 4.83. The zero-order chi connectivity index (χ0) is 10.9. The van der Waals surface area contributed by atoms with Crippen molar-refractivity contribution in [2.24, 2.45) is 17.2 Å². The average molecular weight is 214 g/mol. The number of rotatable bonds is 1.